The number of carbonyl (C=O) groups excluding carboxylic acids is 1. The first-order chi connectivity index (χ1) is 14.2. The second-order valence-electron chi connectivity index (χ2n) is 8.26. The molecule has 0 aliphatic carbocycles. The normalized spacial score (nSPS) is 26.7. The molecule has 3 rings (SSSR count). The Balaban J connectivity index is 1.61. The van der Waals surface area contributed by atoms with E-state index in [0.29, 0.717) is 6.42 Å². The minimum Gasteiger partial charge on any atom is -0.356 e. The van der Waals surface area contributed by atoms with Gasteiger partial charge >= 0.3 is 0 Å². The molecule has 29 heavy (non-hydrogen) atoms. The summed E-state index contributed by atoms with van der Waals surface area (Å²) in [5, 5.41) is 13.0. The van der Waals surface area contributed by atoms with Crippen LogP contribution in [0.2, 0.25) is 0 Å². The van der Waals surface area contributed by atoms with Crippen LogP contribution in [0.1, 0.15) is 82.6 Å². The number of amides is 1. The van der Waals surface area contributed by atoms with Crippen molar-refractivity contribution in [3.8, 4) is 0 Å². The lowest BCUT2D eigenvalue weighted by molar-refractivity contribution is -0.121. The summed E-state index contributed by atoms with van der Waals surface area (Å²) in [6.45, 7) is 2.80. The number of azo groups is 1. The van der Waals surface area contributed by atoms with Crippen molar-refractivity contribution >= 4 is 28.5 Å². The van der Waals surface area contributed by atoms with E-state index in [1.54, 1.807) is 11.8 Å². The van der Waals surface area contributed by atoms with Crippen LogP contribution in [0.4, 0.5) is 5.69 Å². The monoisotopic (exact) mass is 414 g/mol. The largest absolute Gasteiger partial charge is 0.356 e. The van der Waals surface area contributed by atoms with Crippen LogP contribution in [0.25, 0.3) is 0 Å². The van der Waals surface area contributed by atoms with E-state index < -0.39 is 0 Å². The maximum atomic E-state index is 12.0. The number of aliphatic imine (C=N–C) groups is 1. The number of aryl methyl sites for hydroxylation is 1. The fraction of sp³-hybridized carbons (Fsp3) is 0.652. The summed E-state index contributed by atoms with van der Waals surface area (Å²) in [7, 11) is 0. The lowest BCUT2D eigenvalue weighted by atomic mass is 10.0. The highest BCUT2D eigenvalue weighted by atomic mass is 32.2. The quantitative estimate of drug-likeness (QED) is 0.556. The Bertz CT molecular complexity index is 733. The number of benzene rings is 1. The van der Waals surface area contributed by atoms with Crippen LogP contribution < -0.4 is 5.32 Å². The van der Waals surface area contributed by atoms with Crippen molar-refractivity contribution in [3.63, 3.8) is 0 Å². The Hall–Kier alpha value is -1.69. The van der Waals surface area contributed by atoms with E-state index in [-0.39, 0.29) is 10.8 Å². The molecule has 0 bridgehead atoms. The lowest BCUT2D eigenvalue weighted by Crippen LogP contribution is -2.27. The molecule has 1 amide bonds. The van der Waals surface area contributed by atoms with Crippen LogP contribution >= 0.6 is 11.8 Å². The van der Waals surface area contributed by atoms with E-state index in [4.69, 9.17) is 10.1 Å². The van der Waals surface area contributed by atoms with Gasteiger partial charge in [0.05, 0.1) is 5.69 Å². The third-order valence-electron chi connectivity index (χ3n) is 5.61. The maximum Gasteiger partial charge on any atom is 0.219 e. The van der Waals surface area contributed by atoms with Gasteiger partial charge in [0.15, 0.2) is 0 Å². The summed E-state index contributed by atoms with van der Waals surface area (Å²) in [5.74, 6) is 0.188. The summed E-state index contributed by atoms with van der Waals surface area (Å²) < 4.78 is 0. The van der Waals surface area contributed by atoms with Crippen LogP contribution in [0.3, 0.4) is 0 Å². The van der Waals surface area contributed by atoms with Crippen LogP contribution in [0.5, 0.6) is 0 Å². The average molecular weight is 415 g/mol. The second kappa shape index (κ2) is 11.5. The molecule has 1 N–H and O–H groups in total. The van der Waals surface area contributed by atoms with E-state index >= 15 is 0 Å². The minimum atomic E-state index is -0.218. The predicted octanol–water partition coefficient (Wildman–Crippen LogP) is 6.69. The summed E-state index contributed by atoms with van der Waals surface area (Å²) >= 11 is 1.71. The number of nitrogens with one attached hydrogen (secondary N) is 1. The summed E-state index contributed by atoms with van der Waals surface area (Å²) in [6.07, 6.45) is 13.3. The third-order valence-corrected chi connectivity index (χ3v) is 6.84. The molecule has 1 atom stereocenters. The molecule has 6 heteroatoms. The molecule has 2 aliphatic rings. The van der Waals surface area contributed by atoms with Gasteiger partial charge in [0.1, 0.15) is 4.87 Å². The zero-order valence-electron chi connectivity index (χ0n) is 17.7. The number of hydrogen-bond donors (Lipinski definition) is 1. The Kier molecular flexibility index (Phi) is 8.71. The molecule has 1 spiro atoms. The number of amidine groups is 1. The smallest absolute Gasteiger partial charge is 0.219 e. The first-order valence-corrected chi connectivity index (χ1v) is 12.0. The molecule has 1 aromatic carbocycles. The Morgan fingerprint density at radius 1 is 1.00 bits per heavy atom. The molecule has 2 heterocycles. The average Bonchev–Trinajstić information content (AvgIpc) is 3.09. The highest BCUT2D eigenvalue weighted by molar-refractivity contribution is 8.15. The van der Waals surface area contributed by atoms with Gasteiger partial charge in [-0.2, -0.15) is 5.11 Å². The zero-order chi connectivity index (χ0) is 20.4. The van der Waals surface area contributed by atoms with Crippen LogP contribution in [0, 0.1) is 6.92 Å². The van der Waals surface area contributed by atoms with Crippen molar-refractivity contribution in [2.45, 2.75) is 88.8 Å². The molecular weight excluding hydrogens is 380 g/mol. The molecule has 1 aromatic rings. The highest BCUT2D eigenvalue weighted by Gasteiger charge is 2.36. The lowest BCUT2D eigenvalue weighted by Gasteiger charge is -2.23. The molecular formula is C23H34N4OS. The van der Waals surface area contributed by atoms with Crippen molar-refractivity contribution in [2.24, 2.45) is 15.2 Å². The summed E-state index contributed by atoms with van der Waals surface area (Å²) in [6, 6.07) is 8.18. The van der Waals surface area contributed by atoms with Gasteiger partial charge in [-0.1, -0.05) is 68.8 Å². The van der Waals surface area contributed by atoms with Gasteiger partial charge in [-0.15, -0.1) is 5.11 Å². The number of thioether (sulfide) groups is 1. The third kappa shape index (κ3) is 7.57. The number of nitrogens with zero attached hydrogens (tertiary/aromatic N) is 3. The Morgan fingerprint density at radius 3 is 2.52 bits per heavy atom. The van der Waals surface area contributed by atoms with Crippen molar-refractivity contribution in [1.82, 2.24) is 5.32 Å². The Labute approximate surface area is 179 Å². The van der Waals surface area contributed by atoms with Gasteiger partial charge in [-0.05, 0) is 50.3 Å². The van der Waals surface area contributed by atoms with Gasteiger partial charge < -0.3 is 5.32 Å². The summed E-state index contributed by atoms with van der Waals surface area (Å²) in [4.78, 5) is 16.5. The molecule has 1 fully saturated rings. The molecule has 0 radical (unpaired) electrons. The fourth-order valence-electron chi connectivity index (χ4n) is 3.95. The van der Waals surface area contributed by atoms with Crippen molar-refractivity contribution in [1.29, 1.82) is 0 Å². The van der Waals surface area contributed by atoms with Gasteiger partial charge in [0.2, 0.25) is 11.1 Å². The zero-order valence-corrected chi connectivity index (χ0v) is 18.5. The fourth-order valence-corrected chi connectivity index (χ4v) is 5.10. The molecule has 1 saturated heterocycles. The van der Waals surface area contributed by atoms with E-state index in [1.807, 2.05) is 12.1 Å². The molecule has 0 saturated carbocycles. The Morgan fingerprint density at radius 2 is 1.72 bits per heavy atom. The number of rotatable bonds is 1. The summed E-state index contributed by atoms with van der Waals surface area (Å²) in [5.41, 5.74) is 2.13. The first kappa shape index (κ1) is 22.0. The molecule has 5 nitrogen and oxygen atoms in total. The molecule has 158 valence electrons. The number of carbonyl (C=O) groups is 1. The van der Waals surface area contributed by atoms with Crippen molar-refractivity contribution in [2.75, 3.05) is 6.54 Å². The molecule has 2 aliphatic heterocycles. The first-order valence-electron chi connectivity index (χ1n) is 11.2. The van der Waals surface area contributed by atoms with E-state index in [0.717, 1.165) is 43.1 Å². The minimum absolute atomic E-state index is 0.188. The van der Waals surface area contributed by atoms with Gasteiger partial charge in [-0.25, -0.2) is 4.99 Å². The van der Waals surface area contributed by atoms with Crippen molar-refractivity contribution < 1.29 is 4.79 Å². The van der Waals surface area contributed by atoms with E-state index in [9.17, 15) is 4.79 Å². The highest BCUT2D eigenvalue weighted by Crippen LogP contribution is 2.43. The van der Waals surface area contributed by atoms with Gasteiger partial charge in [0, 0.05) is 13.0 Å². The predicted molar refractivity (Wildman–Crippen MR) is 122 cm³/mol. The topological polar surface area (TPSA) is 66.2 Å². The van der Waals surface area contributed by atoms with Crippen molar-refractivity contribution in [3.05, 3.63) is 29.8 Å². The van der Waals surface area contributed by atoms with Crippen LogP contribution in [-0.2, 0) is 4.79 Å². The number of hydrogen-bond acceptors (Lipinski definition) is 4. The van der Waals surface area contributed by atoms with E-state index in [1.165, 1.54) is 50.5 Å². The second-order valence-corrected chi connectivity index (χ2v) is 9.59. The van der Waals surface area contributed by atoms with Crippen LogP contribution in [-0.4, -0.2) is 22.5 Å². The molecule has 0 aromatic heterocycles. The van der Waals surface area contributed by atoms with Gasteiger partial charge in [0.25, 0.3) is 0 Å². The van der Waals surface area contributed by atoms with Crippen LogP contribution in [0.15, 0.2) is 39.5 Å². The standard InChI is InChI=1S/C23H34N4OS/c1-19-12-10-13-20(18-19)25-22-26-27-23(29-22)15-9-7-5-3-2-4-6-8-14-21(28)24-17-11-16-23/h10,12-13,18H,2-9,11,14-17H2,1H3,(H,24,28). The molecule has 1 unspecified atom stereocenters. The van der Waals surface area contributed by atoms with Gasteiger partial charge in [-0.3, -0.25) is 4.79 Å². The van der Waals surface area contributed by atoms with E-state index in [2.05, 4.69) is 29.5 Å². The maximum absolute atomic E-state index is 12.0. The SMILES string of the molecule is Cc1cccc(N=C2N=NC3(CCCCCCCCCCC(=O)NCCC3)S2)c1.